The fourth-order valence-electron chi connectivity index (χ4n) is 3.23. The fraction of sp³-hybridized carbons (Fsp3) is 0.381. The Morgan fingerprint density at radius 2 is 1.85 bits per heavy atom. The van der Waals surface area contributed by atoms with E-state index in [1.54, 1.807) is 25.1 Å². The van der Waals surface area contributed by atoms with E-state index in [2.05, 4.69) is 34.5 Å². The van der Waals surface area contributed by atoms with Gasteiger partial charge in [0.1, 0.15) is 5.75 Å². The topological polar surface area (TPSA) is 44.8 Å². The first kappa shape index (κ1) is 18.1. The van der Waals surface area contributed by atoms with Gasteiger partial charge in [-0.15, -0.1) is 0 Å². The number of amides is 2. The summed E-state index contributed by atoms with van der Waals surface area (Å²) in [5.41, 5.74) is 3.12. The van der Waals surface area contributed by atoms with Crippen LogP contribution in [-0.4, -0.2) is 38.2 Å². The summed E-state index contributed by atoms with van der Waals surface area (Å²) in [6.07, 6.45) is 3.88. The van der Waals surface area contributed by atoms with Crippen LogP contribution in [0.2, 0.25) is 0 Å². The third kappa shape index (κ3) is 4.69. The van der Waals surface area contributed by atoms with Crippen LogP contribution in [0.1, 0.15) is 24.8 Å². The van der Waals surface area contributed by atoms with E-state index in [4.69, 9.17) is 4.74 Å². The van der Waals surface area contributed by atoms with Gasteiger partial charge in [0.2, 0.25) is 0 Å². The average molecular weight is 353 g/mol. The molecule has 1 N–H and O–H groups in total. The summed E-state index contributed by atoms with van der Waals surface area (Å²) < 4.78 is 5.18. The Labute approximate surface area is 155 Å². The molecule has 0 radical (unpaired) electrons. The van der Waals surface area contributed by atoms with E-state index in [9.17, 15) is 4.79 Å². The smallest absolute Gasteiger partial charge is 0.321 e. The highest BCUT2D eigenvalue weighted by Gasteiger charge is 2.12. The Hall–Kier alpha value is -2.69. The number of ether oxygens (including phenoxy) is 1. The molecule has 0 saturated carbocycles. The Morgan fingerprint density at radius 3 is 2.54 bits per heavy atom. The Morgan fingerprint density at radius 1 is 1.12 bits per heavy atom. The predicted octanol–water partition coefficient (Wildman–Crippen LogP) is 4.35. The molecule has 2 aromatic carbocycles. The maximum absolute atomic E-state index is 12.4. The van der Waals surface area contributed by atoms with Gasteiger partial charge in [-0.25, -0.2) is 4.79 Å². The molecule has 1 fully saturated rings. The zero-order valence-electron chi connectivity index (χ0n) is 15.6. The maximum Gasteiger partial charge on any atom is 0.321 e. The lowest BCUT2D eigenvalue weighted by Crippen LogP contribution is -2.31. The van der Waals surface area contributed by atoms with E-state index in [-0.39, 0.29) is 6.03 Å². The van der Waals surface area contributed by atoms with Gasteiger partial charge in [0.05, 0.1) is 7.11 Å². The van der Waals surface area contributed by atoms with Crippen molar-refractivity contribution in [2.24, 2.45) is 0 Å². The van der Waals surface area contributed by atoms with Gasteiger partial charge in [-0.05, 0) is 49.1 Å². The highest BCUT2D eigenvalue weighted by atomic mass is 16.5. The van der Waals surface area contributed by atoms with Crippen LogP contribution >= 0.6 is 0 Å². The molecule has 0 unspecified atom stereocenters. The summed E-state index contributed by atoms with van der Waals surface area (Å²) in [5, 5.41) is 2.90. The number of anilines is 2. The number of methoxy groups -OCH3 is 1. The number of carbonyl (C=O) groups is 1. The average Bonchev–Trinajstić information content (AvgIpc) is 2.69. The molecule has 2 amide bonds. The Balaban J connectivity index is 1.56. The molecule has 0 aromatic heterocycles. The zero-order valence-corrected chi connectivity index (χ0v) is 15.6. The summed E-state index contributed by atoms with van der Waals surface area (Å²) in [6, 6.07) is 15.8. The number of carbonyl (C=O) groups excluding carboxylic acids is 1. The van der Waals surface area contributed by atoms with E-state index in [1.807, 2.05) is 18.2 Å². The highest BCUT2D eigenvalue weighted by molar-refractivity contribution is 5.89. The molecule has 2 aromatic rings. The van der Waals surface area contributed by atoms with Crippen molar-refractivity contribution in [3.8, 4) is 5.75 Å². The van der Waals surface area contributed by atoms with E-state index >= 15 is 0 Å². The van der Waals surface area contributed by atoms with Crippen LogP contribution in [0.3, 0.4) is 0 Å². The highest BCUT2D eigenvalue weighted by Crippen LogP contribution is 2.21. The van der Waals surface area contributed by atoms with Gasteiger partial charge in [0.25, 0.3) is 0 Å². The van der Waals surface area contributed by atoms with Crippen molar-refractivity contribution in [2.75, 3.05) is 37.5 Å². The number of hydrogen-bond donors (Lipinski definition) is 1. The number of piperidine rings is 1. The second kappa shape index (κ2) is 8.61. The van der Waals surface area contributed by atoms with Gasteiger partial charge >= 0.3 is 6.03 Å². The van der Waals surface area contributed by atoms with Crippen LogP contribution in [0.4, 0.5) is 16.2 Å². The molecule has 0 spiro atoms. The first-order chi connectivity index (χ1) is 12.7. The van der Waals surface area contributed by atoms with Gasteiger partial charge in [0.15, 0.2) is 0 Å². The third-order valence-corrected chi connectivity index (χ3v) is 4.75. The van der Waals surface area contributed by atoms with E-state index in [0.717, 1.165) is 30.1 Å². The normalized spacial score (nSPS) is 14.0. The summed E-state index contributed by atoms with van der Waals surface area (Å²) in [6.45, 7) is 2.85. The summed E-state index contributed by atoms with van der Waals surface area (Å²) in [4.78, 5) is 16.5. The lowest BCUT2D eigenvalue weighted by atomic mass is 10.1. The van der Waals surface area contributed by atoms with Crippen LogP contribution in [0.25, 0.3) is 0 Å². The monoisotopic (exact) mass is 353 g/mol. The van der Waals surface area contributed by atoms with Crippen LogP contribution in [0, 0.1) is 0 Å². The van der Waals surface area contributed by atoms with Gasteiger partial charge in [-0.2, -0.15) is 0 Å². The summed E-state index contributed by atoms with van der Waals surface area (Å²) in [5.74, 6) is 0.721. The van der Waals surface area contributed by atoms with Crippen LogP contribution in [0.5, 0.6) is 5.75 Å². The van der Waals surface area contributed by atoms with Gasteiger partial charge < -0.3 is 19.9 Å². The number of rotatable bonds is 5. The molecule has 1 heterocycles. The molecule has 5 heteroatoms. The molecule has 26 heavy (non-hydrogen) atoms. The van der Waals surface area contributed by atoms with Gasteiger partial charge in [0, 0.05) is 44.1 Å². The minimum Gasteiger partial charge on any atom is -0.497 e. The minimum atomic E-state index is -0.140. The molecule has 3 rings (SSSR count). The standard InChI is InChI=1S/C21H27N3O2/c1-23(21(25)22-18-7-6-8-20(15-18)26-2)16-17-9-11-19(12-10-17)24-13-4-3-5-14-24/h6-12,15H,3-5,13-14,16H2,1-2H3,(H,22,25). The quantitative estimate of drug-likeness (QED) is 0.869. The first-order valence-electron chi connectivity index (χ1n) is 9.16. The number of nitrogens with one attached hydrogen (secondary N) is 1. The van der Waals surface area contributed by atoms with E-state index in [0.29, 0.717) is 6.54 Å². The molecule has 0 bridgehead atoms. The molecule has 0 aliphatic carbocycles. The van der Waals surface area contributed by atoms with Gasteiger partial charge in [-0.3, -0.25) is 0 Å². The predicted molar refractivity (Wildman–Crippen MR) is 106 cm³/mol. The lowest BCUT2D eigenvalue weighted by molar-refractivity contribution is 0.220. The van der Waals surface area contributed by atoms with E-state index < -0.39 is 0 Å². The molecule has 1 aliphatic heterocycles. The number of nitrogens with zero attached hydrogens (tertiary/aromatic N) is 2. The van der Waals surface area contributed by atoms with Crippen LogP contribution in [-0.2, 0) is 6.54 Å². The second-order valence-electron chi connectivity index (χ2n) is 6.73. The Bertz CT molecular complexity index is 724. The zero-order chi connectivity index (χ0) is 18.4. The SMILES string of the molecule is COc1cccc(NC(=O)N(C)Cc2ccc(N3CCCCC3)cc2)c1. The molecular weight excluding hydrogens is 326 g/mol. The van der Waals surface area contributed by atoms with E-state index in [1.165, 1.54) is 24.9 Å². The maximum atomic E-state index is 12.4. The molecule has 1 aliphatic rings. The third-order valence-electron chi connectivity index (χ3n) is 4.75. The molecule has 138 valence electrons. The minimum absolute atomic E-state index is 0.140. The Kier molecular flexibility index (Phi) is 6.00. The number of benzene rings is 2. The number of hydrogen-bond acceptors (Lipinski definition) is 3. The summed E-state index contributed by atoms with van der Waals surface area (Å²) in [7, 11) is 3.41. The summed E-state index contributed by atoms with van der Waals surface area (Å²) >= 11 is 0. The van der Waals surface area contributed by atoms with Gasteiger partial charge in [-0.1, -0.05) is 18.2 Å². The van der Waals surface area contributed by atoms with Crippen molar-refractivity contribution in [1.82, 2.24) is 4.90 Å². The molecule has 0 atom stereocenters. The molecule has 5 nitrogen and oxygen atoms in total. The second-order valence-corrected chi connectivity index (χ2v) is 6.73. The van der Waals surface area contributed by atoms with Crippen molar-refractivity contribution in [2.45, 2.75) is 25.8 Å². The first-order valence-corrected chi connectivity index (χ1v) is 9.16. The molecule has 1 saturated heterocycles. The fourth-order valence-corrected chi connectivity index (χ4v) is 3.23. The van der Waals surface area contributed by atoms with Crippen molar-refractivity contribution < 1.29 is 9.53 Å². The van der Waals surface area contributed by atoms with Crippen LogP contribution in [0.15, 0.2) is 48.5 Å². The van der Waals surface area contributed by atoms with Crippen molar-refractivity contribution in [1.29, 1.82) is 0 Å². The van der Waals surface area contributed by atoms with Crippen molar-refractivity contribution in [3.05, 3.63) is 54.1 Å². The van der Waals surface area contributed by atoms with Crippen molar-refractivity contribution in [3.63, 3.8) is 0 Å². The largest absolute Gasteiger partial charge is 0.497 e. The molecular formula is C21H27N3O2. The lowest BCUT2D eigenvalue weighted by Gasteiger charge is -2.29. The van der Waals surface area contributed by atoms with Crippen LogP contribution < -0.4 is 15.0 Å². The number of urea groups is 1. The van der Waals surface area contributed by atoms with Crippen molar-refractivity contribution >= 4 is 17.4 Å².